The van der Waals surface area contributed by atoms with E-state index in [1.165, 1.54) is 6.26 Å². The Morgan fingerprint density at radius 3 is 2.89 bits per heavy atom. The van der Waals surface area contributed by atoms with Gasteiger partial charge in [-0.15, -0.1) is 0 Å². The average Bonchev–Trinajstić information content (AvgIpc) is 2.89. The van der Waals surface area contributed by atoms with E-state index in [-0.39, 0.29) is 35.9 Å². The van der Waals surface area contributed by atoms with E-state index >= 15 is 0 Å². The molecule has 0 spiro atoms. The molecule has 2 rings (SSSR count). The third kappa shape index (κ3) is 2.56. The number of amides is 3. The molecule has 2 heterocycles. The van der Waals surface area contributed by atoms with E-state index < -0.39 is 0 Å². The minimum Gasteiger partial charge on any atom is -0.469 e. The van der Waals surface area contributed by atoms with E-state index in [0.717, 1.165) is 16.7 Å². The summed E-state index contributed by atoms with van der Waals surface area (Å²) in [7, 11) is 0. The van der Waals surface area contributed by atoms with Crippen LogP contribution in [0.15, 0.2) is 16.7 Å². The van der Waals surface area contributed by atoms with Crippen molar-refractivity contribution in [2.45, 2.75) is 6.92 Å². The van der Waals surface area contributed by atoms with Gasteiger partial charge < -0.3 is 9.73 Å². The van der Waals surface area contributed by atoms with Gasteiger partial charge in [0.25, 0.3) is 11.1 Å². The number of imide groups is 1. The number of aryl methyl sites for hydroxylation is 1. The first-order valence-corrected chi connectivity index (χ1v) is 6.37. The van der Waals surface area contributed by atoms with Gasteiger partial charge in [0.1, 0.15) is 5.76 Å². The van der Waals surface area contributed by atoms with E-state index in [2.05, 4.69) is 5.32 Å². The van der Waals surface area contributed by atoms with Crippen molar-refractivity contribution in [2.24, 2.45) is 0 Å². The molecule has 1 N–H and O–H groups in total. The molecule has 6 nitrogen and oxygen atoms in total. The Morgan fingerprint density at radius 1 is 1.56 bits per heavy atom. The fourth-order valence-corrected chi connectivity index (χ4v) is 2.35. The lowest BCUT2D eigenvalue weighted by molar-refractivity contribution is -0.124. The van der Waals surface area contributed by atoms with Crippen molar-refractivity contribution in [1.82, 2.24) is 10.2 Å². The number of hydrogen-bond donors (Lipinski definition) is 1. The standard InChI is InChI=1S/C11H12N2O4S/c1-7-8(2-5-17-7)10(15)12-3-4-13-9(14)6-18-11(13)16/h2,5H,3-4,6H2,1H3,(H,12,15). The molecule has 0 radical (unpaired) electrons. The van der Waals surface area contributed by atoms with Gasteiger partial charge >= 0.3 is 0 Å². The smallest absolute Gasteiger partial charge is 0.288 e. The minimum absolute atomic E-state index is 0.188. The van der Waals surface area contributed by atoms with Crippen LogP contribution in [0.5, 0.6) is 0 Å². The van der Waals surface area contributed by atoms with E-state index in [1.807, 2.05) is 0 Å². The highest BCUT2D eigenvalue weighted by Crippen LogP contribution is 2.17. The van der Waals surface area contributed by atoms with Crippen molar-refractivity contribution < 1.29 is 18.8 Å². The Morgan fingerprint density at radius 2 is 2.33 bits per heavy atom. The van der Waals surface area contributed by atoms with Crippen molar-refractivity contribution >= 4 is 28.8 Å². The molecule has 0 aromatic carbocycles. The summed E-state index contributed by atoms with van der Waals surface area (Å²) in [5.41, 5.74) is 0.462. The van der Waals surface area contributed by atoms with Crippen LogP contribution in [0.4, 0.5) is 4.79 Å². The second-order valence-corrected chi connectivity index (χ2v) is 4.67. The van der Waals surface area contributed by atoms with Crippen LogP contribution >= 0.6 is 11.8 Å². The van der Waals surface area contributed by atoms with Crippen LogP contribution in [0.25, 0.3) is 0 Å². The molecule has 1 aliphatic rings. The molecule has 1 aromatic heterocycles. The predicted octanol–water partition coefficient (Wildman–Crippen LogP) is 1.01. The highest BCUT2D eigenvalue weighted by molar-refractivity contribution is 8.14. The van der Waals surface area contributed by atoms with Gasteiger partial charge in [-0.1, -0.05) is 11.8 Å². The van der Waals surface area contributed by atoms with Crippen molar-refractivity contribution in [1.29, 1.82) is 0 Å². The maximum absolute atomic E-state index is 11.7. The Balaban J connectivity index is 1.82. The van der Waals surface area contributed by atoms with E-state index in [1.54, 1.807) is 13.0 Å². The minimum atomic E-state index is -0.270. The topological polar surface area (TPSA) is 79.6 Å². The first-order chi connectivity index (χ1) is 8.59. The van der Waals surface area contributed by atoms with Crippen LogP contribution < -0.4 is 5.32 Å². The lowest BCUT2D eigenvalue weighted by Gasteiger charge is -2.12. The first kappa shape index (κ1) is 12.7. The molecule has 96 valence electrons. The molecule has 0 unspecified atom stereocenters. The van der Waals surface area contributed by atoms with Crippen LogP contribution in [0.3, 0.4) is 0 Å². The van der Waals surface area contributed by atoms with Gasteiger partial charge in [0.2, 0.25) is 5.91 Å². The molecular formula is C11H12N2O4S. The van der Waals surface area contributed by atoms with Crippen LogP contribution in [0.1, 0.15) is 16.1 Å². The fraction of sp³-hybridized carbons (Fsp3) is 0.364. The van der Waals surface area contributed by atoms with Gasteiger partial charge in [-0.3, -0.25) is 19.3 Å². The largest absolute Gasteiger partial charge is 0.469 e. The molecule has 0 saturated carbocycles. The molecule has 18 heavy (non-hydrogen) atoms. The quantitative estimate of drug-likeness (QED) is 0.881. The number of rotatable bonds is 4. The zero-order chi connectivity index (χ0) is 13.1. The van der Waals surface area contributed by atoms with Gasteiger partial charge in [0.05, 0.1) is 17.6 Å². The van der Waals surface area contributed by atoms with Crippen LogP contribution in [0.2, 0.25) is 0 Å². The number of hydrogen-bond acceptors (Lipinski definition) is 5. The third-order valence-corrected chi connectivity index (χ3v) is 3.42. The van der Waals surface area contributed by atoms with Crippen molar-refractivity contribution in [2.75, 3.05) is 18.8 Å². The Hall–Kier alpha value is -1.76. The van der Waals surface area contributed by atoms with Gasteiger partial charge in [-0.05, 0) is 13.0 Å². The zero-order valence-corrected chi connectivity index (χ0v) is 10.6. The highest BCUT2D eigenvalue weighted by atomic mass is 32.2. The highest BCUT2D eigenvalue weighted by Gasteiger charge is 2.29. The Labute approximate surface area is 108 Å². The molecule has 0 aliphatic carbocycles. The lowest BCUT2D eigenvalue weighted by atomic mass is 10.2. The number of furan rings is 1. The molecule has 1 aromatic rings. The molecule has 7 heteroatoms. The number of thioether (sulfide) groups is 1. The number of nitrogens with one attached hydrogen (secondary N) is 1. The number of carbonyl (C=O) groups is 3. The molecule has 0 bridgehead atoms. The summed E-state index contributed by atoms with van der Waals surface area (Å²) in [5.74, 6) is 0.247. The maximum Gasteiger partial charge on any atom is 0.288 e. The Kier molecular flexibility index (Phi) is 3.71. The van der Waals surface area contributed by atoms with E-state index in [4.69, 9.17) is 4.42 Å². The molecule has 0 atom stereocenters. The van der Waals surface area contributed by atoms with E-state index in [0.29, 0.717) is 11.3 Å². The van der Waals surface area contributed by atoms with Crippen molar-refractivity contribution in [3.8, 4) is 0 Å². The predicted molar refractivity (Wildman–Crippen MR) is 65.3 cm³/mol. The Bertz CT molecular complexity index is 481. The van der Waals surface area contributed by atoms with Crippen molar-refractivity contribution in [3.05, 3.63) is 23.7 Å². The molecule has 1 fully saturated rings. The number of carbonyl (C=O) groups excluding carboxylic acids is 3. The van der Waals surface area contributed by atoms with Crippen LogP contribution in [-0.2, 0) is 4.79 Å². The summed E-state index contributed by atoms with van der Waals surface area (Å²) in [6, 6.07) is 1.58. The summed E-state index contributed by atoms with van der Waals surface area (Å²) in [4.78, 5) is 35.4. The summed E-state index contributed by atoms with van der Waals surface area (Å²) in [6.45, 7) is 2.13. The van der Waals surface area contributed by atoms with Gasteiger partial charge in [0.15, 0.2) is 0 Å². The van der Waals surface area contributed by atoms with E-state index in [9.17, 15) is 14.4 Å². The summed E-state index contributed by atoms with van der Waals surface area (Å²) < 4.78 is 5.02. The normalized spacial score (nSPS) is 15.3. The van der Waals surface area contributed by atoms with Gasteiger partial charge in [0, 0.05) is 13.1 Å². The molecular weight excluding hydrogens is 256 g/mol. The third-order valence-electron chi connectivity index (χ3n) is 2.56. The second-order valence-electron chi connectivity index (χ2n) is 3.75. The average molecular weight is 268 g/mol. The lowest BCUT2D eigenvalue weighted by Crippen LogP contribution is -2.37. The van der Waals surface area contributed by atoms with Gasteiger partial charge in [-0.25, -0.2) is 0 Å². The summed E-state index contributed by atoms with van der Waals surface area (Å²) in [5, 5.41) is 2.38. The SMILES string of the molecule is Cc1occc1C(=O)NCCN1C(=O)CSC1=O. The monoisotopic (exact) mass is 268 g/mol. The number of nitrogens with zero attached hydrogens (tertiary/aromatic N) is 1. The first-order valence-electron chi connectivity index (χ1n) is 5.39. The molecule has 1 saturated heterocycles. The maximum atomic E-state index is 11.7. The zero-order valence-electron chi connectivity index (χ0n) is 9.76. The van der Waals surface area contributed by atoms with Crippen LogP contribution in [0, 0.1) is 6.92 Å². The van der Waals surface area contributed by atoms with Crippen molar-refractivity contribution in [3.63, 3.8) is 0 Å². The second kappa shape index (κ2) is 5.26. The summed E-state index contributed by atoms with van der Waals surface area (Å²) in [6.07, 6.45) is 1.44. The molecule has 3 amide bonds. The fourth-order valence-electron chi connectivity index (χ4n) is 1.59. The molecule has 1 aliphatic heterocycles. The van der Waals surface area contributed by atoms with Gasteiger partial charge in [-0.2, -0.15) is 0 Å². The summed E-state index contributed by atoms with van der Waals surface area (Å²) >= 11 is 0.982. The van der Waals surface area contributed by atoms with Crippen LogP contribution in [-0.4, -0.2) is 40.8 Å².